The molecule has 4 saturated heterocycles. The topological polar surface area (TPSA) is 52.7 Å². The Hall–Kier alpha value is -1.27. The summed E-state index contributed by atoms with van der Waals surface area (Å²) >= 11 is 0. The smallest absolute Gasteiger partial charge is 0.153 e. The van der Waals surface area contributed by atoms with Gasteiger partial charge in [0.15, 0.2) is 9.84 Å². The van der Waals surface area contributed by atoms with E-state index in [0.717, 1.165) is 18.8 Å². The Balaban J connectivity index is 1.52. The highest BCUT2D eigenvalue weighted by atomic mass is 32.2. The van der Waals surface area contributed by atoms with E-state index >= 15 is 0 Å². The second-order valence-corrected chi connectivity index (χ2v) is 10.8. The lowest BCUT2D eigenvalue weighted by molar-refractivity contribution is 0.204. The Kier molecular flexibility index (Phi) is 4.23. The average Bonchev–Trinajstić information content (AvgIpc) is 2.85. The van der Waals surface area contributed by atoms with E-state index in [1.165, 1.54) is 18.5 Å². The number of benzene rings is 1. The molecule has 1 N–H and O–H groups in total. The van der Waals surface area contributed by atoms with Gasteiger partial charge >= 0.3 is 0 Å². The van der Waals surface area contributed by atoms with Gasteiger partial charge in [0.2, 0.25) is 0 Å². The fraction of sp³-hybridized carbons (Fsp3) is 0.684. The number of rotatable bonds is 2. The molecule has 2 atom stereocenters. The highest BCUT2D eigenvalue weighted by Gasteiger charge is 2.43. The molecular formula is C19H29N3O2S. The van der Waals surface area contributed by atoms with E-state index in [1.807, 2.05) is 0 Å². The zero-order valence-electron chi connectivity index (χ0n) is 15.2. The molecule has 1 aromatic carbocycles. The number of nitrogens with one attached hydrogen (secondary N) is 1. The zero-order chi connectivity index (χ0) is 17.7. The van der Waals surface area contributed by atoms with Crippen LogP contribution >= 0.6 is 0 Å². The standard InChI is InChI=1S/C19H29N3O2S/c1-19(2)13-15-14-22(18(19)7-8-20-15)17-5-3-16(4-6-17)21-9-11-25(23,24)12-10-21/h3-6,15,18,20H,7-14H2,1-2H3/t15-,18?/m1/s1. The molecule has 0 amide bonds. The van der Waals surface area contributed by atoms with Crippen molar-refractivity contribution in [2.45, 2.75) is 38.8 Å². The largest absolute Gasteiger partial charge is 0.369 e. The lowest BCUT2D eigenvalue weighted by Gasteiger charge is -2.48. The predicted molar refractivity (Wildman–Crippen MR) is 103 cm³/mol. The first-order chi connectivity index (χ1) is 11.8. The van der Waals surface area contributed by atoms with E-state index in [4.69, 9.17) is 0 Å². The maximum Gasteiger partial charge on any atom is 0.153 e. The highest BCUT2D eigenvalue weighted by molar-refractivity contribution is 7.91. The fourth-order valence-electron chi connectivity index (χ4n) is 4.84. The highest BCUT2D eigenvalue weighted by Crippen LogP contribution is 2.41. The summed E-state index contributed by atoms with van der Waals surface area (Å²) in [7, 11) is -2.83. The van der Waals surface area contributed by atoms with Crippen molar-refractivity contribution in [1.82, 2.24) is 5.32 Å². The maximum absolute atomic E-state index is 11.6. The molecule has 0 aromatic heterocycles. The molecule has 1 unspecified atom stereocenters. The molecule has 138 valence electrons. The molecule has 4 fully saturated rings. The normalized spacial score (nSPS) is 31.0. The van der Waals surface area contributed by atoms with E-state index in [9.17, 15) is 8.42 Å². The van der Waals surface area contributed by atoms with Gasteiger partial charge in [0, 0.05) is 43.1 Å². The molecule has 0 aliphatic carbocycles. The van der Waals surface area contributed by atoms with Crippen molar-refractivity contribution in [3.8, 4) is 0 Å². The summed E-state index contributed by atoms with van der Waals surface area (Å²) in [4.78, 5) is 4.77. The Morgan fingerprint density at radius 3 is 2.40 bits per heavy atom. The van der Waals surface area contributed by atoms with Crippen LogP contribution in [-0.2, 0) is 9.84 Å². The molecule has 25 heavy (non-hydrogen) atoms. The second kappa shape index (κ2) is 6.16. The third kappa shape index (κ3) is 3.38. The Bertz CT molecular complexity index is 716. The lowest BCUT2D eigenvalue weighted by atomic mass is 9.74. The van der Waals surface area contributed by atoms with Crippen molar-refractivity contribution in [3.05, 3.63) is 24.3 Å². The van der Waals surface area contributed by atoms with Crippen LogP contribution in [-0.4, -0.2) is 58.2 Å². The molecule has 0 radical (unpaired) electrons. The first-order valence-electron chi connectivity index (χ1n) is 9.40. The molecule has 1 aromatic rings. The summed E-state index contributed by atoms with van der Waals surface area (Å²) in [5, 5.41) is 3.69. The molecule has 0 saturated carbocycles. The van der Waals surface area contributed by atoms with Gasteiger partial charge in [-0.25, -0.2) is 8.42 Å². The molecular weight excluding hydrogens is 334 g/mol. The van der Waals surface area contributed by atoms with Gasteiger partial charge in [-0.15, -0.1) is 0 Å². The molecule has 5 rings (SSSR count). The molecule has 5 nitrogen and oxygen atoms in total. The van der Waals surface area contributed by atoms with E-state index in [1.54, 1.807) is 0 Å². The Morgan fingerprint density at radius 2 is 1.72 bits per heavy atom. The third-order valence-electron chi connectivity index (χ3n) is 6.21. The van der Waals surface area contributed by atoms with Gasteiger partial charge in [-0.2, -0.15) is 0 Å². The van der Waals surface area contributed by atoms with Crippen LogP contribution in [0.15, 0.2) is 24.3 Å². The van der Waals surface area contributed by atoms with E-state index in [-0.39, 0.29) is 11.5 Å². The van der Waals surface area contributed by atoms with Crippen molar-refractivity contribution in [2.75, 3.05) is 47.5 Å². The third-order valence-corrected chi connectivity index (χ3v) is 7.82. The summed E-state index contributed by atoms with van der Waals surface area (Å²) in [5.74, 6) is 0.537. The van der Waals surface area contributed by atoms with Crippen LogP contribution in [0.1, 0.15) is 26.7 Å². The van der Waals surface area contributed by atoms with E-state index in [2.05, 4.69) is 53.2 Å². The zero-order valence-corrected chi connectivity index (χ0v) is 16.1. The number of fused-ring (bicyclic) bond motifs is 4. The first kappa shape index (κ1) is 17.2. The SMILES string of the molecule is CC1(C)C[C@@H]2CN(c3ccc(N4CCS(=O)(=O)CC4)cc3)C1CCN2. The summed E-state index contributed by atoms with van der Waals surface area (Å²) in [6.07, 6.45) is 2.43. The quantitative estimate of drug-likeness (QED) is 0.870. The van der Waals surface area contributed by atoms with Crippen LogP contribution in [0.2, 0.25) is 0 Å². The Labute approximate surface area is 151 Å². The molecule has 2 bridgehead atoms. The molecule has 4 heterocycles. The number of nitrogens with zero attached hydrogens (tertiary/aromatic N) is 2. The summed E-state index contributed by atoms with van der Waals surface area (Å²) in [5.41, 5.74) is 2.75. The average molecular weight is 364 g/mol. The van der Waals surface area contributed by atoms with Gasteiger partial charge in [0.05, 0.1) is 11.5 Å². The molecule has 0 spiro atoms. The molecule has 4 aliphatic rings. The van der Waals surface area contributed by atoms with Gasteiger partial charge in [-0.1, -0.05) is 13.8 Å². The van der Waals surface area contributed by atoms with Gasteiger partial charge in [0.25, 0.3) is 0 Å². The monoisotopic (exact) mass is 363 g/mol. The second-order valence-electron chi connectivity index (χ2n) is 8.46. The summed E-state index contributed by atoms with van der Waals surface area (Å²) in [6.45, 7) is 8.18. The number of piperidine rings is 1. The van der Waals surface area contributed by atoms with Gasteiger partial charge < -0.3 is 15.1 Å². The minimum atomic E-state index is -2.83. The van der Waals surface area contributed by atoms with Crippen LogP contribution in [0.25, 0.3) is 0 Å². The number of hydrogen-bond acceptors (Lipinski definition) is 5. The fourth-order valence-corrected chi connectivity index (χ4v) is 6.04. The van der Waals surface area contributed by atoms with Crippen molar-refractivity contribution < 1.29 is 8.42 Å². The van der Waals surface area contributed by atoms with Crippen molar-refractivity contribution in [3.63, 3.8) is 0 Å². The van der Waals surface area contributed by atoms with Crippen molar-refractivity contribution in [1.29, 1.82) is 0 Å². The number of sulfone groups is 1. The minimum Gasteiger partial charge on any atom is -0.369 e. The van der Waals surface area contributed by atoms with Crippen LogP contribution < -0.4 is 15.1 Å². The molecule has 6 heteroatoms. The number of anilines is 2. The minimum absolute atomic E-state index is 0.268. The van der Waals surface area contributed by atoms with E-state index in [0.29, 0.717) is 30.6 Å². The van der Waals surface area contributed by atoms with Crippen LogP contribution in [0.5, 0.6) is 0 Å². The maximum atomic E-state index is 11.6. The van der Waals surface area contributed by atoms with Crippen LogP contribution in [0, 0.1) is 5.41 Å². The Morgan fingerprint density at radius 1 is 1.08 bits per heavy atom. The molecule has 4 aliphatic heterocycles. The van der Waals surface area contributed by atoms with Crippen molar-refractivity contribution in [2.24, 2.45) is 5.41 Å². The van der Waals surface area contributed by atoms with Crippen LogP contribution in [0.4, 0.5) is 11.4 Å². The van der Waals surface area contributed by atoms with Crippen LogP contribution in [0.3, 0.4) is 0 Å². The predicted octanol–water partition coefficient (Wildman–Crippen LogP) is 1.89. The van der Waals surface area contributed by atoms with E-state index < -0.39 is 9.84 Å². The van der Waals surface area contributed by atoms with Gasteiger partial charge in [-0.3, -0.25) is 0 Å². The summed E-state index contributed by atoms with van der Waals surface area (Å²) in [6, 6.07) is 9.90. The lowest BCUT2D eigenvalue weighted by Crippen LogP contribution is -2.54. The van der Waals surface area contributed by atoms with Gasteiger partial charge in [-0.05, 0) is 49.1 Å². The summed E-state index contributed by atoms with van der Waals surface area (Å²) < 4.78 is 23.2. The first-order valence-corrected chi connectivity index (χ1v) is 11.2. The van der Waals surface area contributed by atoms with Crippen molar-refractivity contribution >= 4 is 21.2 Å². The van der Waals surface area contributed by atoms with Gasteiger partial charge in [0.1, 0.15) is 0 Å². The number of hydrogen-bond donors (Lipinski definition) is 1.